The van der Waals surface area contributed by atoms with Gasteiger partial charge in [0.25, 0.3) is 5.91 Å². The lowest BCUT2D eigenvalue weighted by atomic mass is 9.85. The van der Waals surface area contributed by atoms with Crippen molar-refractivity contribution in [1.29, 1.82) is 0 Å². The second-order valence-electron chi connectivity index (χ2n) is 5.26. The summed E-state index contributed by atoms with van der Waals surface area (Å²) in [5.74, 6) is -0.197. The second kappa shape index (κ2) is 5.07. The first-order chi connectivity index (χ1) is 8.97. The Kier molecular flexibility index (Phi) is 3.64. The average molecular weight is 265 g/mol. The molecule has 104 valence electrons. The lowest BCUT2D eigenvalue weighted by Gasteiger charge is -2.27. The summed E-state index contributed by atoms with van der Waals surface area (Å²) in [6, 6.07) is 3.05. The molecule has 2 unspecified atom stereocenters. The van der Waals surface area contributed by atoms with Crippen LogP contribution in [0.5, 0.6) is 0 Å². The number of aryl methyl sites for hydroxylation is 1. The first-order valence-corrected chi connectivity index (χ1v) is 6.60. The van der Waals surface area contributed by atoms with Crippen molar-refractivity contribution in [1.82, 2.24) is 5.32 Å². The summed E-state index contributed by atoms with van der Waals surface area (Å²) in [5.41, 5.74) is -0.879. The lowest BCUT2D eigenvalue weighted by Crippen LogP contribution is -2.46. The molecule has 2 rings (SSSR count). The van der Waals surface area contributed by atoms with Crippen LogP contribution in [-0.4, -0.2) is 23.0 Å². The summed E-state index contributed by atoms with van der Waals surface area (Å²) in [5, 5.41) is 12.1. The predicted octanol–water partition coefficient (Wildman–Crippen LogP) is 2.22. The molecule has 0 radical (unpaired) electrons. The molecule has 1 amide bonds. The number of hydrogen-bond donors (Lipinski definition) is 2. The van der Waals surface area contributed by atoms with Crippen molar-refractivity contribution in [2.24, 2.45) is 5.41 Å². The standard InChI is InChI=1S/C14H19NO4/c1-3-9-6-7-10(19-9)12(16)15-11-5-4-8-14(11,2)13(17)18/h6-7,11H,3-5,8H2,1-2H3,(H,15,16)(H,17,18). The van der Waals surface area contributed by atoms with E-state index in [1.165, 1.54) is 0 Å². The maximum atomic E-state index is 12.0. The molecular formula is C14H19NO4. The van der Waals surface area contributed by atoms with E-state index in [4.69, 9.17) is 4.42 Å². The number of aliphatic carboxylic acids is 1. The van der Waals surface area contributed by atoms with E-state index in [9.17, 15) is 14.7 Å². The van der Waals surface area contributed by atoms with Gasteiger partial charge in [0, 0.05) is 12.5 Å². The third-order valence-electron chi connectivity index (χ3n) is 3.99. The van der Waals surface area contributed by atoms with E-state index in [1.807, 2.05) is 6.92 Å². The molecule has 1 aromatic heterocycles. The van der Waals surface area contributed by atoms with Gasteiger partial charge in [0.05, 0.1) is 5.41 Å². The highest BCUT2D eigenvalue weighted by Gasteiger charge is 2.46. The van der Waals surface area contributed by atoms with E-state index >= 15 is 0 Å². The minimum atomic E-state index is -0.879. The van der Waals surface area contributed by atoms with Gasteiger partial charge in [-0.2, -0.15) is 0 Å². The average Bonchev–Trinajstić information content (AvgIpc) is 2.97. The van der Waals surface area contributed by atoms with Crippen molar-refractivity contribution in [3.05, 3.63) is 23.7 Å². The van der Waals surface area contributed by atoms with Crippen LogP contribution in [-0.2, 0) is 11.2 Å². The molecule has 0 saturated heterocycles. The van der Waals surface area contributed by atoms with Crippen molar-refractivity contribution in [2.75, 3.05) is 0 Å². The Morgan fingerprint density at radius 3 is 2.84 bits per heavy atom. The first-order valence-electron chi connectivity index (χ1n) is 6.60. The van der Waals surface area contributed by atoms with Gasteiger partial charge in [0.1, 0.15) is 5.76 Å². The molecule has 0 aromatic carbocycles. The second-order valence-corrected chi connectivity index (χ2v) is 5.26. The molecule has 0 spiro atoms. The first kappa shape index (κ1) is 13.6. The monoisotopic (exact) mass is 265 g/mol. The zero-order valence-corrected chi connectivity index (χ0v) is 11.2. The lowest BCUT2D eigenvalue weighted by molar-refractivity contribution is -0.148. The summed E-state index contributed by atoms with van der Waals surface area (Å²) >= 11 is 0. The summed E-state index contributed by atoms with van der Waals surface area (Å²) in [4.78, 5) is 23.4. The van der Waals surface area contributed by atoms with Gasteiger partial charge in [-0.15, -0.1) is 0 Å². The Bertz CT molecular complexity index is 493. The largest absolute Gasteiger partial charge is 0.481 e. The number of rotatable bonds is 4. The van der Waals surface area contributed by atoms with E-state index in [0.29, 0.717) is 12.8 Å². The Morgan fingerprint density at radius 2 is 2.26 bits per heavy atom. The van der Waals surface area contributed by atoms with Gasteiger partial charge in [-0.25, -0.2) is 0 Å². The molecule has 1 aliphatic carbocycles. The Labute approximate surface area is 112 Å². The molecule has 5 heteroatoms. The highest BCUT2D eigenvalue weighted by molar-refractivity contribution is 5.92. The predicted molar refractivity (Wildman–Crippen MR) is 68.9 cm³/mol. The normalized spacial score (nSPS) is 26.3. The zero-order chi connectivity index (χ0) is 14.0. The Balaban J connectivity index is 2.08. The van der Waals surface area contributed by atoms with Crippen LogP contribution in [0, 0.1) is 5.41 Å². The molecule has 1 heterocycles. The number of nitrogens with one attached hydrogen (secondary N) is 1. The van der Waals surface area contributed by atoms with E-state index in [0.717, 1.165) is 18.6 Å². The topological polar surface area (TPSA) is 79.5 Å². The maximum Gasteiger partial charge on any atom is 0.311 e. The SMILES string of the molecule is CCc1ccc(C(=O)NC2CCCC2(C)C(=O)O)o1. The van der Waals surface area contributed by atoms with Gasteiger partial charge < -0.3 is 14.8 Å². The van der Waals surface area contributed by atoms with Crippen LogP contribution >= 0.6 is 0 Å². The molecule has 2 atom stereocenters. The van der Waals surface area contributed by atoms with Crippen molar-refractivity contribution in [2.45, 2.75) is 45.6 Å². The number of carboxylic acids is 1. The highest BCUT2D eigenvalue weighted by atomic mass is 16.4. The van der Waals surface area contributed by atoms with Crippen molar-refractivity contribution in [3.63, 3.8) is 0 Å². The van der Waals surface area contributed by atoms with Crippen molar-refractivity contribution in [3.8, 4) is 0 Å². The van der Waals surface area contributed by atoms with Gasteiger partial charge >= 0.3 is 5.97 Å². The maximum absolute atomic E-state index is 12.0. The fourth-order valence-corrected chi connectivity index (χ4v) is 2.57. The van der Waals surface area contributed by atoms with E-state index in [1.54, 1.807) is 19.1 Å². The quantitative estimate of drug-likeness (QED) is 0.874. The third kappa shape index (κ3) is 2.50. The van der Waals surface area contributed by atoms with Crippen LogP contribution in [0.1, 0.15) is 49.4 Å². The molecule has 5 nitrogen and oxygen atoms in total. The third-order valence-corrected chi connectivity index (χ3v) is 3.99. The van der Waals surface area contributed by atoms with Crippen LogP contribution in [0.2, 0.25) is 0 Å². The molecule has 1 saturated carbocycles. The van der Waals surface area contributed by atoms with Crippen molar-refractivity contribution >= 4 is 11.9 Å². The molecule has 1 fully saturated rings. The fourth-order valence-electron chi connectivity index (χ4n) is 2.57. The summed E-state index contributed by atoms with van der Waals surface area (Å²) in [6.45, 7) is 3.63. The van der Waals surface area contributed by atoms with E-state index in [-0.39, 0.29) is 17.7 Å². The zero-order valence-electron chi connectivity index (χ0n) is 11.2. The number of hydrogen-bond acceptors (Lipinski definition) is 3. The summed E-state index contributed by atoms with van der Waals surface area (Å²) < 4.78 is 5.37. The molecule has 0 aliphatic heterocycles. The van der Waals surface area contributed by atoms with E-state index < -0.39 is 11.4 Å². The van der Waals surface area contributed by atoms with Crippen LogP contribution in [0.25, 0.3) is 0 Å². The minimum absolute atomic E-state index is 0.247. The van der Waals surface area contributed by atoms with Crippen LogP contribution in [0.3, 0.4) is 0 Å². The van der Waals surface area contributed by atoms with Crippen LogP contribution in [0.15, 0.2) is 16.5 Å². The number of amides is 1. The minimum Gasteiger partial charge on any atom is -0.481 e. The van der Waals surface area contributed by atoms with Crippen LogP contribution in [0.4, 0.5) is 0 Å². The molecular weight excluding hydrogens is 246 g/mol. The highest BCUT2D eigenvalue weighted by Crippen LogP contribution is 2.38. The molecule has 0 bridgehead atoms. The van der Waals surface area contributed by atoms with Gasteiger partial charge in [-0.05, 0) is 31.9 Å². The smallest absolute Gasteiger partial charge is 0.311 e. The van der Waals surface area contributed by atoms with Gasteiger partial charge in [0.2, 0.25) is 0 Å². The number of carbonyl (C=O) groups is 2. The number of carbonyl (C=O) groups excluding carboxylic acids is 1. The summed E-state index contributed by atoms with van der Waals surface area (Å²) in [7, 11) is 0. The van der Waals surface area contributed by atoms with Crippen molar-refractivity contribution < 1.29 is 19.1 Å². The number of furan rings is 1. The summed E-state index contributed by atoms with van der Waals surface area (Å²) in [6.07, 6.45) is 2.82. The van der Waals surface area contributed by atoms with E-state index in [2.05, 4.69) is 5.32 Å². The van der Waals surface area contributed by atoms with Gasteiger partial charge in [-0.3, -0.25) is 9.59 Å². The Hall–Kier alpha value is -1.78. The molecule has 19 heavy (non-hydrogen) atoms. The number of carboxylic acid groups (broad SMARTS) is 1. The molecule has 1 aromatic rings. The molecule has 2 N–H and O–H groups in total. The molecule has 1 aliphatic rings. The Morgan fingerprint density at radius 1 is 1.53 bits per heavy atom. The fraction of sp³-hybridized carbons (Fsp3) is 0.571. The van der Waals surface area contributed by atoms with Crippen LogP contribution < -0.4 is 5.32 Å². The van der Waals surface area contributed by atoms with Gasteiger partial charge in [0.15, 0.2) is 5.76 Å². The van der Waals surface area contributed by atoms with Gasteiger partial charge in [-0.1, -0.05) is 13.3 Å².